The smallest absolute Gasteiger partial charge is 0.329 e. The van der Waals surface area contributed by atoms with Crippen LogP contribution in [0, 0.1) is 0 Å². The molecule has 0 aromatic carbocycles. The molecule has 0 amide bonds. The average Bonchev–Trinajstić information content (AvgIpc) is 2.39. The van der Waals surface area contributed by atoms with Crippen LogP contribution in [0.4, 0.5) is 11.8 Å². The van der Waals surface area contributed by atoms with Crippen LogP contribution in [0.15, 0.2) is 12.3 Å². The summed E-state index contributed by atoms with van der Waals surface area (Å²) in [4.78, 5) is 23.9. The fraction of sp³-hybridized carbons (Fsp3) is 0.615. The summed E-state index contributed by atoms with van der Waals surface area (Å²) >= 11 is 0. The predicted octanol–water partition coefficient (Wildman–Crippen LogP) is 1.38. The Bertz CT molecular complexity index is 477. The van der Waals surface area contributed by atoms with Crippen molar-refractivity contribution in [1.82, 2.24) is 9.97 Å². The van der Waals surface area contributed by atoms with E-state index in [1.165, 1.54) is 0 Å². The van der Waals surface area contributed by atoms with E-state index in [1.54, 1.807) is 19.2 Å². The van der Waals surface area contributed by atoms with E-state index < -0.39 is 11.5 Å². The summed E-state index contributed by atoms with van der Waals surface area (Å²) in [6.45, 7) is 2.48. The third-order valence-corrected chi connectivity index (χ3v) is 3.66. The van der Waals surface area contributed by atoms with E-state index in [4.69, 9.17) is 0 Å². The van der Waals surface area contributed by atoms with Gasteiger partial charge in [0.25, 0.3) is 0 Å². The van der Waals surface area contributed by atoms with Crippen LogP contribution >= 0.6 is 0 Å². The van der Waals surface area contributed by atoms with Gasteiger partial charge >= 0.3 is 5.97 Å². The van der Waals surface area contributed by atoms with Crippen molar-refractivity contribution in [2.24, 2.45) is 0 Å². The van der Waals surface area contributed by atoms with Gasteiger partial charge in [-0.25, -0.2) is 9.78 Å². The van der Waals surface area contributed by atoms with E-state index in [0.29, 0.717) is 24.7 Å². The molecule has 1 fully saturated rings. The molecule has 104 valence electrons. The minimum atomic E-state index is -0.879. The highest BCUT2D eigenvalue weighted by Crippen LogP contribution is 2.32. The zero-order valence-electron chi connectivity index (χ0n) is 11.6. The molecular formula is C13H20N4O2. The first kappa shape index (κ1) is 13.6. The average molecular weight is 264 g/mol. The number of aromatic nitrogens is 2. The lowest BCUT2D eigenvalue weighted by molar-refractivity contribution is -0.143. The van der Waals surface area contributed by atoms with Gasteiger partial charge in [0.2, 0.25) is 5.95 Å². The van der Waals surface area contributed by atoms with Crippen molar-refractivity contribution in [3.05, 3.63) is 12.3 Å². The molecule has 0 saturated carbocycles. The fourth-order valence-corrected chi connectivity index (χ4v) is 2.42. The SMILES string of the molecule is CN(C)c1nccc(N2CCCCC2(C)C(=O)O)n1. The minimum Gasteiger partial charge on any atom is -0.480 e. The maximum atomic E-state index is 11.6. The summed E-state index contributed by atoms with van der Waals surface area (Å²) in [7, 11) is 3.73. The number of carboxylic acids is 1. The minimum absolute atomic E-state index is 0.593. The Morgan fingerprint density at radius 3 is 2.84 bits per heavy atom. The largest absolute Gasteiger partial charge is 0.480 e. The van der Waals surface area contributed by atoms with Crippen molar-refractivity contribution < 1.29 is 9.90 Å². The van der Waals surface area contributed by atoms with Crippen molar-refractivity contribution in [3.8, 4) is 0 Å². The van der Waals surface area contributed by atoms with Crippen LogP contribution in [0.3, 0.4) is 0 Å². The monoisotopic (exact) mass is 264 g/mol. The van der Waals surface area contributed by atoms with Crippen molar-refractivity contribution >= 4 is 17.7 Å². The molecule has 1 aromatic rings. The number of aliphatic carboxylic acids is 1. The number of rotatable bonds is 3. The first-order valence-corrected chi connectivity index (χ1v) is 6.46. The molecule has 1 atom stereocenters. The van der Waals surface area contributed by atoms with Gasteiger partial charge in [0, 0.05) is 26.8 Å². The van der Waals surface area contributed by atoms with E-state index in [-0.39, 0.29) is 0 Å². The van der Waals surface area contributed by atoms with Crippen LogP contribution in [0.25, 0.3) is 0 Å². The summed E-state index contributed by atoms with van der Waals surface area (Å²) < 4.78 is 0. The third-order valence-electron chi connectivity index (χ3n) is 3.66. The Hall–Kier alpha value is -1.85. The molecular weight excluding hydrogens is 244 g/mol. The molecule has 0 radical (unpaired) electrons. The molecule has 0 aliphatic carbocycles. The summed E-state index contributed by atoms with van der Waals surface area (Å²) in [6, 6.07) is 1.78. The van der Waals surface area contributed by atoms with Crippen LogP contribution in [-0.4, -0.2) is 47.2 Å². The molecule has 1 aliphatic rings. The summed E-state index contributed by atoms with van der Waals surface area (Å²) in [5.74, 6) is 0.483. The fourth-order valence-electron chi connectivity index (χ4n) is 2.42. The molecule has 0 spiro atoms. The van der Waals surface area contributed by atoms with Crippen molar-refractivity contribution in [2.75, 3.05) is 30.4 Å². The number of carboxylic acid groups (broad SMARTS) is 1. The Morgan fingerprint density at radius 2 is 2.21 bits per heavy atom. The second-order valence-corrected chi connectivity index (χ2v) is 5.30. The van der Waals surface area contributed by atoms with Gasteiger partial charge in [0.15, 0.2) is 0 Å². The highest BCUT2D eigenvalue weighted by molar-refractivity contribution is 5.83. The Labute approximate surface area is 113 Å². The van der Waals surface area contributed by atoms with Gasteiger partial charge in [-0.1, -0.05) is 0 Å². The summed E-state index contributed by atoms with van der Waals surface area (Å²) in [6.07, 6.45) is 4.24. The van der Waals surface area contributed by atoms with Crippen molar-refractivity contribution in [2.45, 2.75) is 31.7 Å². The lowest BCUT2D eigenvalue weighted by Gasteiger charge is -2.42. The number of piperidine rings is 1. The predicted molar refractivity (Wildman–Crippen MR) is 73.6 cm³/mol. The second kappa shape index (κ2) is 5.03. The second-order valence-electron chi connectivity index (χ2n) is 5.30. The number of carbonyl (C=O) groups is 1. The lowest BCUT2D eigenvalue weighted by atomic mass is 9.88. The number of anilines is 2. The maximum absolute atomic E-state index is 11.6. The molecule has 6 heteroatoms. The van der Waals surface area contributed by atoms with E-state index in [1.807, 2.05) is 23.9 Å². The third kappa shape index (κ3) is 2.47. The molecule has 1 unspecified atom stereocenters. The molecule has 1 saturated heterocycles. The Kier molecular flexibility index (Phi) is 3.59. The van der Waals surface area contributed by atoms with E-state index in [0.717, 1.165) is 12.8 Å². The molecule has 1 aromatic heterocycles. The first-order chi connectivity index (χ1) is 8.95. The summed E-state index contributed by atoms with van der Waals surface area (Å²) in [5, 5.41) is 9.51. The van der Waals surface area contributed by atoms with E-state index in [9.17, 15) is 9.90 Å². The highest BCUT2D eigenvalue weighted by Gasteiger charge is 2.42. The van der Waals surface area contributed by atoms with Gasteiger partial charge in [0.05, 0.1) is 0 Å². The Morgan fingerprint density at radius 1 is 1.47 bits per heavy atom. The molecule has 1 aliphatic heterocycles. The maximum Gasteiger partial charge on any atom is 0.329 e. The van der Waals surface area contributed by atoms with Crippen molar-refractivity contribution in [3.63, 3.8) is 0 Å². The standard InChI is InChI=1S/C13H20N4O2/c1-13(11(18)19)7-4-5-9-17(13)10-6-8-14-12(15-10)16(2)3/h6,8H,4-5,7,9H2,1-3H3,(H,18,19). The number of nitrogens with zero attached hydrogens (tertiary/aromatic N) is 4. The van der Waals surface area contributed by atoms with E-state index in [2.05, 4.69) is 9.97 Å². The van der Waals surface area contributed by atoms with Gasteiger partial charge in [-0.05, 0) is 32.3 Å². The lowest BCUT2D eigenvalue weighted by Crippen LogP contribution is -2.55. The highest BCUT2D eigenvalue weighted by atomic mass is 16.4. The van der Waals surface area contributed by atoms with Gasteiger partial charge in [-0.2, -0.15) is 4.98 Å². The number of hydrogen-bond donors (Lipinski definition) is 1. The van der Waals surface area contributed by atoms with Gasteiger partial charge in [-0.3, -0.25) is 0 Å². The molecule has 2 rings (SSSR count). The van der Waals surface area contributed by atoms with Gasteiger partial charge in [-0.15, -0.1) is 0 Å². The first-order valence-electron chi connectivity index (χ1n) is 6.46. The molecule has 2 heterocycles. The van der Waals surface area contributed by atoms with Gasteiger partial charge < -0.3 is 14.9 Å². The quantitative estimate of drug-likeness (QED) is 0.889. The topological polar surface area (TPSA) is 69.6 Å². The van der Waals surface area contributed by atoms with E-state index >= 15 is 0 Å². The van der Waals surface area contributed by atoms with Crippen LogP contribution in [-0.2, 0) is 4.79 Å². The summed E-state index contributed by atoms with van der Waals surface area (Å²) in [5.41, 5.74) is -0.879. The normalized spacial score (nSPS) is 23.2. The van der Waals surface area contributed by atoms with Gasteiger partial charge in [0.1, 0.15) is 11.4 Å². The molecule has 19 heavy (non-hydrogen) atoms. The zero-order chi connectivity index (χ0) is 14.0. The molecule has 0 bridgehead atoms. The zero-order valence-corrected chi connectivity index (χ0v) is 11.6. The Balaban J connectivity index is 2.38. The molecule has 6 nitrogen and oxygen atoms in total. The van der Waals surface area contributed by atoms with Crippen LogP contribution in [0.1, 0.15) is 26.2 Å². The number of hydrogen-bond acceptors (Lipinski definition) is 5. The van der Waals surface area contributed by atoms with Crippen LogP contribution in [0.2, 0.25) is 0 Å². The van der Waals surface area contributed by atoms with Crippen LogP contribution < -0.4 is 9.80 Å². The van der Waals surface area contributed by atoms with Crippen LogP contribution in [0.5, 0.6) is 0 Å². The van der Waals surface area contributed by atoms with Crippen molar-refractivity contribution in [1.29, 1.82) is 0 Å². The molecule has 1 N–H and O–H groups in total.